The zero-order valence-electron chi connectivity index (χ0n) is 31.2. The predicted molar refractivity (Wildman–Crippen MR) is 238 cm³/mol. The number of benzene rings is 9. The SMILES string of the molecule is c1ccc(-c2nc(-c3ccccc3)nc(-c3cccc(-c4cc(-n5c6ccccc6c6c7ccccc7c7ccccc7c65)cc5oc6ccccc6c45)c3)n2)cc1. The lowest BCUT2D eigenvalue weighted by Crippen LogP contribution is -2.00. The number of fused-ring (bicyclic) bond motifs is 11. The van der Waals surface area contributed by atoms with Crippen LogP contribution in [0.4, 0.5) is 0 Å². The van der Waals surface area contributed by atoms with Crippen LogP contribution in [0.3, 0.4) is 0 Å². The summed E-state index contributed by atoms with van der Waals surface area (Å²) in [5, 5.41) is 9.53. The third kappa shape index (κ3) is 5.00. The van der Waals surface area contributed by atoms with Gasteiger partial charge < -0.3 is 8.98 Å². The van der Waals surface area contributed by atoms with E-state index in [2.05, 4.69) is 132 Å². The maximum atomic E-state index is 6.73. The molecule has 58 heavy (non-hydrogen) atoms. The molecular weight excluding hydrogens is 709 g/mol. The number of hydrogen-bond acceptors (Lipinski definition) is 4. The Morgan fingerprint density at radius 1 is 0.345 bits per heavy atom. The predicted octanol–water partition coefficient (Wildman–Crippen LogP) is 13.8. The minimum absolute atomic E-state index is 0.611. The summed E-state index contributed by atoms with van der Waals surface area (Å²) in [6, 6.07) is 68.0. The van der Waals surface area contributed by atoms with Crippen LogP contribution in [0.1, 0.15) is 0 Å². The van der Waals surface area contributed by atoms with Crippen molar-refractivity contribution in [2.45, 2.75) is 0 Å². The van der Waals surface area contributed by atoms with E-state index < -0.39 is 0 Å². The average molecular weight is 741 g/mol. The van der Waals surface area contributed by atoms with E-state index in [9.17, 15) is 0 Å². The fourth-order valence-electron chi connectivity index (χ4n) is 8.86. The lowest BCUT2D eigenvalue weighted by atomic mass is 9.96. The fourth-order valence-corrected chi connectivity index (χ4v) is 8.86. The molecular formula is C53H32N4O. The molecule has 12 aromatic rings. The van der Waals surface area contributed by atoms with E-state index in [1.54, 1.807) is 0 Å². The first kappa shape index (κ1) is 32.4. The lowest BCUT2D eigenvalue weighted by Gasteiger charge is -2.15. The molecule has 0 saturated carbocycles. The minimum Gasteiger partial charge on any atom is -0.456 e. The Labute approximate surface area is 333 Å². The van der Waals surface area contributed by atoms with Crippen LogP contribution < -0.4 is 0 Å². The molecule has 0 unspecified atom stereocenters. The van der Waals surface area contributed by atoms with Gasteiger partial charge in [0, 0.05) is 49.7 Å². The Morgan fingerprint density at radius 3 is 1.57 bits per heavy atom. The average Bonchev–Trinajstić information content (AvgIpc) is 3.86. The Bertz CT molecular complexity index is 3510. The molecule has 0 N–H and O–H groups in total. The second kappa shape index (κ2) is 12.8. The van der Waals surface area contributed by atoms with Crippen LogP contribution in [0.5, 0.6) is 0 Å². The van der Waals surface area contributed by atoms with Gasteiger partial charge in [0.25, 0.3) is 0 Å². The van der Waals surface area contributed by atoms with Crippen LogP contribution in [0.25, 0.3) is 116 Å². The van der Waals surface area contributed by atoms with Gasteiger partial charge >= 0.3 is 0 Å². The molecule has 12 rings (SSSR count). The third-order valence-corrected chi connectivity index (χ3v) is 11.4. The summed E-state index contributed by atoms with van der Waals surface area (Å²) in [6.07, 6.45) is 0. The normalized spacial score (nSPS) is 11.8. The standard InChI is InChI=1S/C53H32N4O/c1-3-16-33(17-4-1)51-54-52(34-18-5-2-6-19-34)56-53(55-51)36-21-15-20-35(30-36)44-31-37(32-47-48(44)43-27-12-14-29-46(43)58-47)57-45-28-13-11-26-42(45)49-40-24-9-7-22-38(40)39-23-8-10-25-41(39)50(49)57/h1-32H. The fraction of sp³-hybridized carbons (Fsp3) is 0. The van der Waals surface area contributed by atoms with E-state index in [0.29, 0.717) is 17.5 Å². The zero-order chi connectivity index (χ0) is 38.2. The van der Waals surface area contributed by atoms with Crippen LogP contribution in [0.2, 0.25) is 0 Å². The number of para-hydroxylation sites is 2. The van der Waals surface area contributed by atoms with Crippen LogP contribution in [0.15, 0.2) is 199 Å². The van der Waals surface area contributed by atoms with E-state index in [-0.39, 0.29) is 0 Å². The molecule has 0 aliphatic carbocycles. The van der Waals surface area contributed by atoms with E-state index in [1.165, 1.54) is 37.8 Å². The molecule has 5 heteroatoms. The topological polar surface area (TPSA) is 56.7 Å². The van der Waals surface area contributed by atoms with Gasteiger partial charge in [-0.25, -0.2) is 15.0 Å². The molecule has 9 aromatic carbocycles. The summed E-state index contributed by atoms with van der Waals surface area (Å²) in [5.74, 6) is 1.87. The van der Waals surface area contributed by atoms with Crippen molar-refractivity contribution in [1.29, 1.82) is 0 Å². The zero-order valence-corrected chi connectivity index (χ0v) is 31.2. The molecule has 0 aliphatic heterocycles. The van der Waals surface area contributed by atoms with E-state index in [0.717, 1.165) is 61.0 Å². The molecule has 0 aliphatic rings. The minimum atomic E-state index is 0.611. The summed E-state index contributed by atoms with van der Waals surface area (Å²) < 4.78 is 9.17. The first-order valence-corrected chi connectivity index (χ1v) is 19.5. The van der Waals surface area contributed by atoms with Crippen molar-refractivity contribution < 1.29 is 4.42 Å². The monoisotopic (exact) mass is 740 g/mol. The van der Waals surface area contributed by atoms with Crippen molar-refractivity contribution in [3.8, 4) is 51.0 Å². The first-order chi connectivity index (χ1) is 28.8. The van der Waals surface area contributed by atoms with Crippen LogP contribution in [-0.2, 0) is 0 Å². The molecule has 0 fully saturated rings. The molecule has 3 heterocycles. The van der Waals surface area contributed by atoms with Crippen molar-refractivity contribution in [2.24, 2.45) is 0 Å². The Morgan fingerprint density at radius 2 is 0.862 bits per heavy atom. The van der Waals surface area contributed by atoms with Crippen molar-refractivity contribution >= 4 is 65.3 Å². The Balaban J connectivity index is 1.14. The lowest BCUT2D eigenvalue weighted by molar-refractivity contribution is 0.668. The molecule has 0 radical (unpaired) electrons. The van der Waals surface area contributed by atoms with Gasteiger partial charge in [-0.1, -0.05) is 164 Å². The van der Waals surface area contributed by atoms with Gasteiger partial charge in [-0.3, -0.25) is 0 Å². The van der Waals surface area contributed by atoms with Crippen LogP contribution >= 0.6 is 0 Å². The number of rotatable bonds is 5. The van der Waals surface area contributed by atoms with Crippen LogP contribution in [-0.4, -0.2) is 19.5 Å². The molecule has 0 saturated heterocycles. The van der Waals surface area contributed by atoms with Crippen molar-refractivity contribution in [3.63, 3.8) is 0 Å². The summed E-state index contributed by atoms with van der Waals surface area (Å²) >= 11 is 0. The van der Waals surface area contributed by atoms with Gasteiger partial charge in [0.2, 0.25) is 0 Å². The summed E-state index contributed by atoms with van der Waals surface area (Å²) in [4.78, 5) is 15.1. The van der Waals surface area contributed by atoms with E-state index in [1.807, 2.05) is 66.7 Å². The number of aromatic nitrogens is 4. The Hall–Kier alpha value is -7.89. The highest BCUT2D eigenvalue weighted by atomic mass is 16.3. The summed E-state index contributed by atoms with van der Waals surface area (Å²) in [6.45, 7) is 0. The second-order valence-corrected chi connectivity index (χ2v) is 14.8. The van der Waals surface area contributed by atoms with Gasteiger partial charge in [-0.15, -0.1) is 0 Å². The first-order valence-electron chi connectivity index (χ1n) is 19.5. The number of hydrogen-bond donors (Lipinski definition) is 0. The maximum Gasteiger partial charge on any atom is 0.164 e. The second-order valence-electron chi connectivity index (χ2n) is 14.8. The molecule has 0 bridgehead atoms. The van der Waals surface area contributed by atoms with Gasteiger partial charge in [0.05, 0.1) is 16.7 Å². The maximum absolute atomic E-state index is 6.73. The van der Waals surface area contributed by atoms with Crippen molar-refractivity contribution in [2.75, 3.05) is 0 Å². The number of nitrogens with zero attached hydrogens (tertiary/aromatic N) is 4. The van der Waals surface area contributed by atoms with Crippen LogP contribution in [0, 0.1) is 0 Å². The quantitative estimate of drug-likeness (QED) is 0.165. The van der Waals surface area contributed by atoms with Gasteiger partial charge in [0.1, 0.15) is 11.2 Å². The van der Waals surface area contributed by atoms with Crippen molar-refractivity contribution in [1.82, 2.24) is 19.5 Å². The van der Waals surface area contributed by atoms with Crippen molar-refractivity contribution in [3.05, 3.63) is 194 Å². The molecule has 3 aromatic heterocycles. The van der Waals surface area contributed by atoms with Gasteiger partial charge in [-0.05, 0) is 51.6 Å². The summed E-state index contributed by atoms with van der Waals surface area (Å²) in [7, 11) is 0. The largest absolute Gasteiger partial charge is 0.456 e. The molecule has 5 nitrogen and oxygen atoms in total. The van der Waals surface area contributed by atoms with Gasteiger partial charge in [0.15, 0.2) is 17.5 Å². The Kier molecular flexibility index (Phi) is 7.16. The van der Waals surface area contributed by atoms with Gasteiger partial charge in [-0.2, -0.15) is 0 Å². The molecule has 0 atom stereocenters. The highest BCUT2D eigenvalue weighted by molar-refractivity contribution is 6.32. The van der Waals surface area contributed by atoms with E-state index >= 15 is 0 Å². The van der Waals surface area contributed by atoms with E-state index in [4.69, 9.17) is 19.4 Å². The molecule has 0 amide bonds. The summed E-state index contributed by atoms with van der Waals surface area (Å²) in [5.41, 5.74) is 9.89. The third-order valence-electron chi connectivity index (χ3n) is 11.4. The highest BCUT2D eigenvalue weighted by Gasteiger charge is 2.22. The molecule has 270 valence electrons. The smallest absolute Gasteiger partial charge is 0.164 e. The number of furan rings is 1. The highest BCUT2D eigenvalue weighted by Crippen LogP contribution is 2.45. The molecule has 0 spiro atoms.